The van der Waals surface area contributed by atoms with Crippen molar-refractivity contribution in [3.63, 3.8) is 0 Å². The first kappa shape index (κ1) is 22.6. The SMILES string of the molecule is CCc1ccccc1-c1ccncc1-n1cncc1-c1cc(C(F)(F)F)cc(C(F)(F)F)c1. The van der Waals surface area contributed by atoms with Crippen LogP contribution in [-0.2, 0) is 18.8 Å². The second-order valence-corrected chi connectivity index (χ2v) is 7.35. The van der Waals surface area contributed by atoms with Gasteiger partial charge >= 0.3 is 12.4 Å². The Morgan fingerprint density at radius 3 is 2.09 bits per heavy atom. The molecule has 4 rings (SSSR count). The first-order valence-electron chi connectivity index (χ1n) is 9.94. The molecular formula is C24H17F6N3. The van der Waals surface area contributed by atoms with Gasteiger partial charge < -0.3 is 0 Å². The summed E-state index contributed by atoms with van der Waals surface area (Å²) in [4.78, 5) is 8.13. The summed E-state index contributed by atoms with van der Waals surface area (Å²) in [5, 5.41) is 0. The van der Waals surface area contributed by atoms with Gasteiger partial charge in [0.05, 0.1) is 41.2 Å². The maximum Gasteiger partial charge on any atom is 0.416 e. The molecule has 0 saturated heterocycles. The minimum atomic E-state index is -4.94. The maximum absolute atomic E-state index is 13.4. The van der Waals surface area contributed by atoms with E-state index >= 15 is 0 Å². The minimum Gasteiger partial charge on any atom is -0.297 e. The molecule has 0 N–H and O–H groups in total. The zero-order valence-corrected chi connectivity index (χ0v) is 17.2. The summed E-state index contributed by atoms with van der Waals surface area (Å²) < 4.78 is 81.7. The fraction of sp³-hybridized carbons (Fsp3) is 0.167. The lowest BCUT2D eigenvalue weighted by atomic mass is 9.97. The van der Waals surface area contributed by atoms with Crippen molar-refractivity contribution >= 4 is 0 Å². The van der Waals surface area contributed by atoms with Crippen LogP contribution in [0.15, 0.2) is 73.4 Å². The van der Waals surface area contributed by atoms with Crippen LogP contribution in [0.5, 0.6) is 0 Å². The number of rotatable bonds is 4. The largest absolute Gasteiger partial charge is 0.416 e. The topological polar surface area (TPSA) is 30.7 Å². The van der Waals surface area contributed by atoms with E-state index in [1.54, 1.807) is 12.3 Å². The van der Waals surface area contributed by atoms with Crippen molar-refractivity contribution in [1.82, 2.24) is 14.5 Å². The predicted molar refractivity (Wildman–Crippen MR) is 112 cm³/mol. The number of benzene rings is 2. The molecule has 170 valence electrons. The Balaban J connectivity index is 1.93. The first-order chi connectivity index (χ1) is 15.6. The second kappa shape index (κ2) is 8.38. The maximum atomic E-state index is 13.4. The quantitative estimate of drug-likeness (QED) is 0.301. The van der Waals surface area contributed by atoms with Crippen LogP contribution in [0.25, 0.3) is 28.1 Å². The number of hydrogen-bond donors (Lipinski definition) is 0. The van der Waals surface area contributed by atoms with Crippen molar-refractivity contribution in [3.8, 4) is 28.1 Å². The van der Waals surface area contributed by atoms with Crippen LogP contribution < -0.4 is 0 Å². The molecule has 2 aromatic heterocycles. The number of pyridine rings is 1. The standard InChI is InChI=1S/C24H17F6N3/c1-2-15-5-3-4-6-19(15)20-7-8-31-13-22(20)33-14-32-12-21(33)16-9-17(23(25,26)27)11-18(10-16)24(28,29)30/h3-14H,2H2,1H3. The molecule has 0 unspecified atom stereocenters. The van der Waals surface area contributed by atoms with Gasteiger partial charge in [-0.05, 0) is 41.8 Å². The molecule has 0 bridgehead atoms. The van der Waals surface area contributed by atoms with Gasteiger partial charge in [-0.1, -0.05) is 31.2 Å². The molecule has 33 heavy (non-hydrogen) atoms. The van der Waals surface area contributed by atoms with E-state index in [9.17, 15) is 26.3 Å². The van der Waals surface area contributed by atoms with Gasteiger partial charge in [0.2, 0.25) is 0 Å². The van der Waals surface area contributed by atoms with Gasteiger partial charge in [0.15, 0.2) is 0 Å². The molecule has 0 aliphatic carbocycles. The van der Waals surface area contributed by atoms with Crippen molar-refractivity contribution in [2.24, 2.45) is 0 Å². The van der Waals surface area contributed by atoms with Crippen molar-refractivity contribution < 1.29 is 26.3 Å². The Hall–Kier alpha value is -3.62. The fourth-order valence-electron chi connectivity index (χ4n) is 3.70. The van der Waals surface area contributed by atoms with Crippen LogP contribution >= 0.6 is 0 Å². The molecular weight excluding hydrogens is 444 g/mol. The average Bonchev–Trinajstić information content (AvgIpc) is 3.27. The van der Waals surface area contributed by atoms with Gasteiger partial charge in [0.25, 0.3) is 0 Å². The third kappa shape index (κ3) is 4.48. The molecule has 0 saturated carbocycles. The molecule has 0 amide bonds. The highest BCUT2D eigenvalue weighted by Gasteiger charge is 2.37. The lowest BCUT2D eigenvalue weighted by Gasteiger charge is -2.17. The van der Waals surface area contributed by atoms with E-state index in [2.05, 4.69) is 9.97 Å². The van der Waals surface area contributed by atoms with Gasteiger partial charge in [0, 0.05) is 17.3 Å². The molecule has 4 aromatic rings. The average molecular weight is 461 g/mol. The molecule has 9 heteroatoms. The summed E-state index contributed by atoms with van der Waals surface area (Å²) in [7, 11) is 0. The molecule has 3 nitrogen and oxygen atoms in total. The van der Waals surface area contributed by atoms with E-state index in [4.69, 9.17) is 0 Å². The number of aromatic nitrogens is 3. The Kier molecular flexibility index (Phi) is 5.73. The van der Waals surface area contributed by atoms with Gasteiger partial charge in [-0.25, -0.2) is 4.98 Å². The van der Waals surface area contributed by atoms with Crippen molar-refractivity contribution in [1.29, 1.82) is 0 Å². The van der Waals surface area contributed by atoms with Crippen LogP contribution in [-0.4, -0.2) is 14.5 Å². The van der Waals surface area contributed by atoms with E-state index in [1.807, 2.05) is 31.2 Å². The Bertz CT molecular complexity index is 1260. The van der Waals surface area contributed by atoms with Crippen LogP contribution in [0.1, 0.15) is 23.6 Å². The predicted octanol–water partition coefficient (Wildman–Crippen LogP) is 7.20. The normalized spacial score (nSPS) is 12.2. The summed E-state index contributed by atoms with van der Waals surface area (Å²) in [6.45, 7) is 1.99. The van der Waals surface area contributed by atoms with E-state index in [0.29, 0.717) is 17.8 Å². The van der Waals surface area contributed by atoms with Crippen molar-refractivity contribution in [2.45, 2.75) is 25.7 Å². The minimum absolute atomic E-state index is 0.0785. The highest BCUT2D eigenvalue weighted by Crippen LogP contribution is 2.39. The fourth-order valence-corrected chi connectivity index (χ4v) is 3.70. The monoisotopic (exact) mass is 461 g/mol. The molecule has 0 radical (unpaired) electrons. The summed E-state index contributed by atoms with van der Waals surface area (Å²) in [5.74, 6) is 0. The molecule has 0 fully saturated rings. The summed E-state index contributed by atoms with van der Waals surface area (Å²) in [6.07, 6.45) is -3.49. The lowest BCUT2D eigenvalue weighted by Crippen LogP contribution is -2.11. The third-order valence-corrected chi connectivity index (χ3v) is 5.27. The molecule has 2 heterocycles. The first-order valence-corrected chi connectivity index (χ1v) is 9.94. The summed E-state index contributed by atoms with van der Waals surface area (Å²) >= 11 is 0. The van der Waals surface area contributed by atoms with Crippen LogP contribution in [0, 0.1) is 0 Å². The van der Waals surface area contributed by atoms with Crippen molar-refractivity contribution in [2.75, 3.05) is 0 Å². The molecule has 0 aliphatic rings. The third-order valence-electron chi connectivity index (χ3n) is 5.27. The number of alkyl halides is 6. The molecule has 0 atom stereocenters. The Morgan fingerprint density at radius 1 is 0.788 bits per heavy atom. The van der Waals surface area contributed by atoms with Gasteiger partial charge in [0.1, 0.15) is 0 Å². The summed E-state index contributed by atoms with van der Waals surface area (Å²) in [6, 6.07) is 10.9. The zero-order valence-electron chi connectivity index (χ0n) is 17.2. The molecule has 2 aromatic carbocycles. The lowest BCUT2D eigenvalue weighted by molar-refractivity contribution is -0.143. The molecule has 0 spiro atoms. The number of halogens is 6. The second-order valence-electron chi connectivity index (χ2n) is 7.35. The number of imidazole rings is 1. The van der Waals surface area contributed by atoms with Gasteiger partial charge in [-0.3, -0.25) is 9.55 Å². The van der Waals surface area contributed by atoms with E-state index in [1.165, 1.54) is 23.3 Å². The Labute approximate surface area is 185 Å². The van der Waals surface area contributed by atoms with Crippen LogP contribution in [0.2, 0.25) is 0 Å². The number of nitrogens with zero attached hydrogens (tertiary/aromatic N) is 3. The van der Waals surface area contributed by atoms with Crippen molar-refractivity contribution in [3.05, 3.63) is 90.1 Å². The highest BCUT2D eigenvalue weighted by molar-refractivity contribution is 5.77. The number of aryl methyl sites for hydroxylation is 1. The van der Waals surface area contributed by atoms with E-state index in [-0.39, 0.29) is 17.3 Å². The van der Waals surface area contributed by atoms with Crippen LogP contribution in [0.4, 0.5) is 26.3 Å². The van der Waals surface area contributed by atoms with Gasteiger partial charge in [-0.2, -0.15) is 26.3 Å². The van der Waals surface area contributed by atoms with Gasteiger partial charge in [-0.15, -0.1) is 0 Å². The van der Waals surface area contributed by atoms with E-state index in [0.717, 1.165) is 23.1 Å². The summed E-state index contributed by atoms with van der Waals surface area (Å²) in [5.41, 5.74) is 0.178. The molecule has 0 aliphatic heterocycles. The van der Waals surface area contributed by atoms with Crippen LogP contribution in [0.3, 0.4) is 0 Å². The highest BCUT2D eigenvalue weighted by atomic mass is 19.4. The Morgan fingerprint density at radius 2 is 1.45 bits per heavy atom. The number of hydrogen-bond acceptors (Lipinski definition) is 2. The van der Waals surface area contributed by atoms with E-state index < -0.39 is 23.5 Å². The zero-order chi connectivity index (χ0) is 23.8. The smallest absolute Gasteiger partial charge is 0.297 e.